The van der Waals surface area contributed by atoms with Crippen molar-refractivity contribution >= 4 is 64.3 Å². The number of pyridine rings is 1. The van der Waals surface area contributed by atoms with E-state index in [2.05, 4.69) is 210 Å². The normalized spacial score (nSPS) is 12.8. The van der Waals surface area contributed by atoms with Crippen LogP contribution in [0.4, 0.5) is 0 Å². The maximum Gasteiger partial charge on any atom is 0.269 e. The van der Waals surface area contributed by atoms with Gasteiger partial charge in [0.25, 0.3) is 6.33 Å². The van der Waals surface area contributed by atoms with Crippen LogP contribution in [0.2, 0.25) is 0 Å². The Morgan fingerprint density at radius 3 is 2.03 bits per heavy atom. The summed E-state index contributed by atoms with van der Waals surface area (Å²) in [7, 11) is 0. The average Bonchev–Trinajstić information content (AvgIpc) is 3.90. The molecule has 10 aromatic rings. The van der Waals surface area contributed by atoms with Gasteiger partial charge in [0.05, 0.1) is 33.4 Å². The van der Waals surface area contributed by atoms with Crippen molar-refractivity contribution < 1.29 is 9.30 Å². The predicted octanol–water partition coefficient (Wildman–Crippen LogP) is 14.3. The van der Waals surface area contributed by atoms with Gasteiger partial charge in [-0.25, -0.2) is 4.98 Å². The highest BCUT2D eigenvalue weighted by molar-refractivity contribution is 7.26. The van der Waals surface area contributed by atoms with Crippen LogP contribution in [0.1, 0.15) is 79.0 Å². The Morgan fingerprint density at radius 1 is 0.567 bits per heavy atom. The Bertz CT molecular complexity index is 3270. The number of benzene rings is 6. The van der Waals surface area contributed by atoms with Crippen molar-refractivity contribution in [3.63, 3.8) is 0 Å². The van der Waals surface area contributed by atoms with Gasteiger partial charge in [-0.1, -0.05) is 123 Å². The van der Waals surface area contributed by atoms with E-state index in [-0.39, 0.29) is 16.2 Å². The summed E-state index contributed by atoms with van der Waals surface area (Å²) >= 11 is 1.86. The maximum absolute atomic E-state index is 6.79. The van der Waals surface area contributed by atoms with Crippen molar-refractivity contribution in [2.45, 2.75) is 78.6 Å². The van der Waals surface area contributed by atoms with Crippen LogP contribution in [-0.2, 0) is 16.2 Å². The first-order valence-corrected chi connectivity index (χ1v) is 21.7. The summed E-state index contributed by atoms with van der Waals surface area (Å²) in [5.74, 6) is 2.40. The second kappa shape index (κ2) is 13.7. The number of hydrogen-bond donors (Lipinski definition) is 0. The van der Waals surface area contributed by atoms with Crippen LogP contribution in [0.5, 0.6) is 11.5 Å². The molecule has 6 heteroatoms. The summed E-state index contributed by atoms with van der Waals surface area (Å²) in [5.41, 5.74) is 10.2. The number of para-hydroxylation sites is 2. The fraction of sp³-hybridized carbons (Fsp3) is 0.222. The SMILES string of the molecule is CC(C)(C)c1cc(-[n+]2[c-]n(-c3cccc(Oc4ccc5c6c7sc8ccccc8c7ccc6n(-c6cc(C(C)(C)C)ccn6)c5c4)c3)c3ccccc32)cc(C(C)(C)C)c1. The van der Waals surface area contributed by atoms with Crippen molar-refractivity contribution in [3.8, 4) is 28.7 Å². The largest absolute Gasteiger partial charge is 0.458 e. The van der Waals surface area contributed by atoms with Gasteiger partial charge >= 0.3 is 0 Å². The number of imidazole rings is 1. The van der Waals surface area contributed by atoms with Crippen LogP contribution in [0.15, 0.2) is 140 Å². The third-order valence-electron chi connectivity index (χ3n) is 11.9. The van der Waals surface area contributed by atoms with Crippen molar-refractivity contribution in [2.75, 3.05) is 0 Å². The molecule has 0 N–H and O–H groups in total. The lowest BCUT2D eigenvalue weighted by Gasteiger charge is -2.26. The molecule has 6 aromatic carbocycles. The van der Waals surface area contributed by atoms with Crippen LogP contribution >= 0.6 is 11.3 Å². The molecule has 10 rings (SSSR count). The molecule has 0 saturated carbocycles. The molecule has 5 nitrogen and oxygen atoms in total. The Labute approximate surface area is 356 Å². The topological polar surface area (TPSA) is 35.9 Å². The zero-order valence-corrected chi connectivity index (χ0v) is 36.7. The fourth-order valence-corrected chi connectivity index (χ4v) is 9.71. The number of aromatic nitrogens is 4. The number of fused-ring (bicyclic) bond motifs is 8. The second-order valence-electron chi connectivity index (χ2n) is 19.2. The van der Waals surface area contributed by atoms with Gasteiger partial charge < -0.3 is 4.74 Å². The summed E-state index contributed by atoms with van der Waals surface area (Å²) in [6, 6.07) is 48.0. The zero-order chi connectivity index (χ0) is 41.7. The third-order valence-corrected chi connectivity index (χ3v) is 13.1. The molecule has 298 valence electrons. The highest BCUT2D eigenvalue weighted by Crippen LogP contribution is 2.44. The lowest BCUT2D eigenvalue weighted by atomic mass is 9.80. The van der Waals surface area contributed by atoms with Crippen molar-refractivity contribution in [1.82, 2.24) is 14.1 Å². The Kier molecular flexibility index (Phi) is 8.64. The van der Waals surface area contributed by atoms with Crippen molar-refractivity contribution in [2.24, 2.45) is 0 Å². The van der Waals surface area contributed by atoms with Crippen molar-refractivity contribution in [1.29, 1.82) is 0 Å². The van der Waals surface area contributed by atoms with E-state index in [1.54, 1.807) is 0 Å². The van der Waals surface area contributed by atoms with Gasteiger partial charge in [0, 0.05) is 43.2 Å². The molecular weight excluding hydrogens is 753 g/mol. The molecular formula is C54H50N4OS. The fourth-order valence-electron chi connectivity index (χ4n) is 8.45. The summed E-state index contributed by atoms with van der Waals surface area (Å²) in [4.78, 5) is 4.98. The van der Waals surface area contributed by atoms with Gasteiger partial charge in [0.1, 0.15) is 17.3 Å². The number of ether oxygens (including phenoxy) is 1. The molecule has 0 spiro atoms. The smallest absolute Gasteiger partial charge is 0.269 e. The van der Waals surface area contributed by atoms with Gasteiger partial charge in [-0.15, -0.1) is 11.3 Å². The number of hydrogen-bond acceptors (Lipinski definition) is 3. The van der Waals surface area contributed by atoms with Gasteiger partial charge in [-0.2, -0.15) is 0 Å². The second-order valence-corrected chi connectivity index (χ2v) is 20.3. The first kappa shape index (κ1) is 38.0. The van der Waals surface area contributed by atoms with Gasteiger partial charge in [-0.05, 0) is 99.7 Å². The first-order valence-electron chi connectivity index (χ1n) is 20.9. The number of thiophene rings is 1. The molecule has 4 aromatic heterocycles. The standard InChI is InChI=1S/C54H50N4OS/c1-52(2,3)34-25-26-55-49(30-34)58-46-24-23-42-41-17-10-13-20-48(41)60-51(42)50(46)43-22-21-40(32-47(43)58)59-39-16-14-15-37(31-39)56-33-57(45-19-12-11-18-44(45)56)38-28-35(53(4,5)6)27-36(29-38)54(7,8)9/h10-32H,1-9H3. The van der Waals surface area contributed by atoms with Crippen LogP contribution < -0.4 is 9.30 Å². The maximum atomic E-state index is 6.79. The molecule has 0 aliphatic heterocycles. The number of rotatable bonds is 5. The highest BCUT2D eigenvalue weighted by Gasteiger charge is 2.24. The summed E-state index contributed by atoms with van der Waals surface area (Å²) in [5, 5.41) is 4.99. The Hall–Kier alpha value is -6.24. The molecule has 0 radical (unpaired) electrons. The summed E-state index contributed by atoms with van der Waals surface area (Å²) < 4.78 is 16.0. The van der Waals surface area contributed by atoms with E-state index < -0.39 is 0 Å². The van der Waals surface area contributed by atoms with E-state index in [0.29, 0.717) is 0 Å². The van der Waals surface area contributed by atoms with Gasteiger partial charge in [-0.3, -0.25) is 13.7 Å². The lowest BCUT2D eigenvalue weighted by molar-refractivity contribution is -0.572. The number of nitrogens with zero attached hydrogens (tertiary/aromatic N) is 4. The monoisotopic (exact) mass is 802 g/mol. The molecule has 0 aliphatic rings. The van der Waals surface area contributed by atoms with Gasteiger partial charge in [0.2, 0.25) is 0 Å². The van der Waals surface area contributed by atoms with E-state index >= 15 is 0 Å². The average molecular weight is 803 g/mol. The molecule has 0 saturated heterocycles. The minimum atomic E-state index is -0.0257. The summed E-state index contributed by atoms with van der Waals surface area (Å²) in [6.45, 7) is 20.4. The molecule has 0 bridgehead atoms. The summed E-state index contributed by atoms with van der Waals surface area (Å²) in [6.07, 6.45) is 5.68. The molecule has 4 heterocycles. The molecule has 0 aliphatic carbocycles. The van der Waals surface area contributed by atoms with E-state index in [1.807, 2.05) is 23.6 Å². The third kappa shape index (κ3) is 6.45. The van der Waals surface area contributed by atoms with Crippen LogP contribution in [0.3, 0.4) is 0 Å². The predicted molar refractivity (Wildman–Crippen MR) is 251 cm³/mol. The zero-order valence-electron chi connectivity index (χ0n) is 35.9. The molecule has 0 amide bonds. The van der Waals surface area contributed by atoms with E-state index in [0.717, 1.165) is 50.8 Å². The Balaban J connectivity index is 1.10. The lowest BCUT2D eigenvalue weighted by Crippen LogP contribution is -2.31. The van der Waals surface area contributed by atoms with Crippen LogP contribution in [-0.4, -0.2) is 14.1 Å². The molecule has 60 heavy (non-hydrogen) atoms. The Morgan fingerprint density at radius 2 is 1.27 bits per heavy atom. The van der Waals surface area contributed by atoms with E-state index in [9.17, 15) is 0 Å². The quantitative estimate of drug-likeness (QED) is 0.128. The molecule has 0 atom stereocenters. The molecule has 0 unspecified atom stereocenters. The highest BCUT2D eigenvalue weighted by atomic mass is 32.1. The minimum Gasteiger partial charge on any atom is -0.458 e. The van der Waals surface area contributed by atoms with Crippen LogP contribution in [0, 0.1) is 6.33 Å². The van der Waals surface area contributed by atoms with Crippen LogP contribution in [0.25, 0.3) is 70.2 Å². The van der Waals surface area contributed by atoms with E-state index in [4.69, 9.17) is 9.72 Å². The van der Waals surface area contributed by atoms with Gasteiger partial charge in [0.15, 0.2) is 0 Å². The van der Waals surface area contributed by atoms with E-state index in [1.165, 1.54) is 47.6 Å². The van der Waals surface area contributed by atoms with Crippen molar-refractivity contribution in [3.05, 3.63) is 163 Å². The minimum absolute atomic E-state index is 0.00416. The first-order chi connectivity index (χ1) is 28.6. The molecule has 0 fully saturated rings.